The summed E-state index contributed by atoms with van der Waals surface area (Å²) in [6.45, 7) is 7.50. The van der Waals surface area contributed by atoms with Crippen molar-refractivity contribution in [1.29, 1.82) is 0 Å². The average Bonchev–Trinajstić information content (AvgIpc) is 3.27. The van der Waals surface area contributed by atoms with Crippen LogP contribution in [0.4, 0.5) is 0 Å². The number of carbonyl (C=O) groups is 1. The summed E-state index contributed by atoms with van der Waals surface area (Å²) in [7, 11) is 1.95. The van der Waals surface area contributed by atoms with Crippen molar-refractivity contribution in [3.8, 4) is 17.4 Å². The first-order valence-corrected chi connectivity index (χ1v) is 11.2. The maximum absolute atomic E-state index is 11.5. The molecule has 0 aliphatic carbocycles. The number of nitrogens with one attached hydrogen (secondary N) is 1. The molecule has 4 rings (SSSR count). The van der Waals surface area contributed by atoms with Crippen molar-refractivity contribution in [2.24, 2.45) is 7.05 Å². The quantitative estimate of drug-likeness (QED) is 0.327. The van der Waals surface area contributed by atoms with Crippen LogP contribution >= 0.6 is 11.3 Å². The number of ether oxygens (including phenoxy) is 2. The Bertz CT molecular complexity index is 1410. The van der Waals surface area contributed by atoms with E-state index in [0.29, 0.717) is 22.8 Å². The third-order valence-corrected chi connectivity index (χ3v) is 6.62. The van der Waals surface area contributed by atoms with Gasteiger partial charge >= 0.3 is 10.8 Å². The topological polar surface area (TPSA) is 106 Å². The van der Waals surface area contributed by atoms with Gasteiger partial charge in [0.1, 0.15) is 23.9 Å². The number of benzene rings is 2. The molecule has 2 aromatic heterocycles. The number of hydrogen-bond acceptors (Lipinski definition) is 7. The molecule has 2 aromatic carbocycles. The number of rotatable bonds is 6. The predicted octanol–water partition coefficient (Wildman–Crippen LogP) is 4.05. The Morgan fingerprint density at radius 3 is 2.45 bits per heavy atom. The van der Waals surface area contributed by atoms with Crippen molar-refractivity contribution in [3.05, 3.63) is 66.9 Å². The summed E-state index contributed by atoms with van der Waals surface area (Å²) in [5.41, 5.74) is 5.48. The van der Waals surface area contributed by atoms with Crippen molar-refractivity contribution in [2.75, 3.05) is 0 Å². The molecule has 0 amide bonds. The molecule has 0 aliphatic heterocycles. The SMILES string of the molecule is CC(=O)Oc1c(C)c(C)c2c(nc(COc3ccc(Cc4sc(=O)[nH]c4O)cc3)n2C)c1C. The predicted molar refractivity (Wildman–Crippen MR) is 126 cm³/mol. The lowest BCUT2D eigenvalue weighted by molar-refractivity contribution is -0.131. The van der Waals surface area contributed by atoms with Crippen LogP contribution in [0, 0.1) is 20.8 Å². The minimum atomic E-state index is -0.358. The molecule has 2 N–H and O–H groups in total. The molecule has 0 aliphatic rings. The van der Waals surface area contributed by atoms with Gasteiger partial charge < -0.3 is 19.1 Å². The van der Waals surface area contributed by atoms with Crippen LogP contribution in [0.25, 0.3) is 11.0 Å². The van der Waals surface area contributed by atoms with E-state index in [0.717, 1.165) is 50.4 Å². The fraction of sp³-hybridized carbons (Fsp3) is 0.292. The van der Waals surface area contributed by atoms with Crippen LogP contribution in [0.1, 0.15) is 39.9 Å². The van der Waals surface area contributed by atoms with Gasteiger partial charge in [-0.1, -0.05) is 23.5 Å². The zero-order valence-electron chi connectivity index (χ0n) is 19.1. The number of H-pyrrole nitrogens is 1. The van der Waals surface area contributed by atoms with E-state index in [-0.39, 0.29) is 23.3 Å². The monoisotopic (exact) mass is 467 g/mol. The molecule has 2 heterocycles. The fourth-order valence-corrected chi connectivity index (χ4v) is 4.66. The molecule has 8 nitrogen and oxygen atoms in total. The first-order chi connectivity index (χ1) is 15.7. The highest BCUT2D eigenvalue weighted by Crippen LogP contribution is 2.35. The van der Waals surface area contributed by atoms with Crippen LogP contribution in [-0.2, 0) is 24.9 Å². The molecule has 0 bridgehead atoms. The van der Waals surface area contributed by atoms with Crippen LogP contribution < -0.4 is 14.3 Å². The summed E-state index contributed by atoms with van der Waals surface area (Å²) in [6.07, 6.45) is 0.461. The second-order valence-corrected chi connectivity index (χ2v) is 9.05. The molecule has 33 heavy (non-hydrogen) atoms. The van der Waals surface area contributed by atoms with Crippen molar-refractivity contribution < 1.29 is 19.4 Å². The van der Waals surface area contributed by atoms with E-state index in [2.05, 4.69) is 4.98 Å². The van der Waals surface area contributed by atoms with Crippen molar-refractivity contribution in [3.63, 3.8) is 0 Å². The van der Waals surface area contributed by atoms with E-state index in [1.807, 2.05) is 56.7 Å². The molecule has 0 atom stereocenters. The van der Waals surface area contributed by atoms with Crippen LogP contribution in [-0.4, -0.2) is 25.6 Å². The molecule has 0 saturated heterocycles. The Morgan fingerprint density at radius 2 is 1.85 bits per heavy atom. The van der Waals surface area contributed by atoms with E-state index in [1.165, 1.54) is 6.92 Å². The number of nitrogens with zero attached hydrogens (tertiary/aromatic N) is 2. The summed E-state index contributed by atoms with van der Waals surface area (Å²) in [5.74, 6) is 1.56. The first kappa shape index (κ1) is 22.6. The lowest BCUT2D eigenvalue weighted by atomic mass is 10.0. The van der Waals surface area contributed by atoms with Gasteiger partial charge in [-0.3, -0.25) is 14.6 Å². The van der Waals surface area contributed by atoms with Gasteiger partial charge in [-0.2, -0.15) is 0 Å². The van der Waals surface area contributed by atoms with Gasteiger partial charge in [0.2, 0.25) is 5.88 Å². The highest BCUT2D eigenvalue weighted by Gasteiger charge is 2.20. The van der Waals surface area contributed by atoms with Crippen LogP contribution in [0.2, 0.25) is 0 Å². The summed E-state index contributed by atoms with van der Waals surface area (Å²) in [5, 5.41) is 9.76. The third kappa shape index (κ3) is 4.36. The van der Waals surface area contributed by atoms with Crippen LogP contribution in [0.15, 0.2) is 29.1 Å². The zero-order chi connectivity index (χ0) is 23.9. The molecule has 172 valence electrons. The fourth-order valence-electron chi connectivity index (χ4n) is 3.91. The van der Waals surface area contributed by atoms with Crippen molar-refractivity contribution >= 4 is 28.3 Å². The molecule has 0 spiro atoms. The molecular weight excluding hydrogens is 442 g/mol. The normalized spacial score (nSPS) is 11.2. The number of imidazole rings is 1. The van der Waals surface area contributed by atoms with Crippen LogP contribution in [0.5, 0.6) is 17.4 Å². The summed E-state index contributed by atoms with van der Waals surface area (Å²) < 4.78 is 13.4. The molecular formula is C24H25N3O5S. The van der Waals surface area contributed by atoms with Gasteiger partial charge in [0.25, 0.3) is 0 Å². The Balaban J connectivity index is 1.54. The molecule has 0 saturated carbocycles. The molecule has 0 radical (unpaired) electrons. The maximum Gasteiger partial charge on any atom is 0.308 e. The molecule has 0 unspecified atom stereocenters. The minimum Gasteiger partial charge on any atom is -0.494 e. The van der Waals surface area contributed by atoms with E-state index in [1.54, 1.807) is 0 Å². The Hall–Kier alpha value is -3.59. The Kier molecular flexibility index (Phi) is 5.99. The number of aryl methyl sites for hydroxylation is 3. The number of thiazole rings is 1. The van der Waals surface area contributed by atoms with Gasteiger partial charge in [-0.25, -0.2) is 4.98 Å². The summed E-state index contributed by atoms with van der Waals surface area (Å²) in [6, 6.07) is 7.50. The molecule has 4 aromatic rings. The summed E-state index contributed by atoms with van der Waals surface area (Å²) in [4.78, 5) is 30.4. The first-order valence-electron chi connectivity index (χ1n) is 10.4. The number of carbonyl (C=O) groups excluding carboxylic acids is 1. The molecule has 0 fully saturated rings. The molecule has 9 heteroatoms. The van der Waals surface area contributed by atoms with Gasteiger partial charge in [0, 0.05) is 26.0 Å². The van der Waals surface area contributed by atoms with E-state index in [4.69, 9.17) is 14.5 Å². The van der Waals surface area contributed by atoms with Gasteiger partial charge in [0.15, 0.2) is 0 Å². The van der Waals surface area contributed by atoms with E-state index >= 15 is 0 Å². The maximum atomic E-state index is 11.5. The third-order valence-electron chi connectivity index (χ3n) is 5.74. The standard InChI is InChI=1S/C24H25N3O5S/c1-12-13(2)22(32-15(4)28)14(3)20-21(12)27(5)19(25-20)11-31-17-8-6-16(7-9-17)10-18-23(29)26-24(30)33-18/h6-9,29H,10-11H2,1-5H3,(H,26,30). The number of hydrogen-bond donors (Lipinski definition) is 2. The highest BCUT2D eigenvalue weighted by molar-refractivity contribution is 7.09. The second kappa shape index (κ2) is 8.74. The van der Waals surface area contributed by atoms with E-state index < -0.39 is 0 Å². The largest absolute Gasteiger partial charge is 0.494 e. The smallest absolute Gasteiger partial charge is 0.308 e. The number of fused-ring (bicyclic) bond motifs is 1. The average molecular weight is 468 g/mol. The number of aromatic amines is 1. The van der Waals surface area contributed by atoms with Gasteiger partial charge in [0.05, 0.1) is 15.9 Å². The van der Waals surface area contributed by atoms with E-state index in [9.17, 15) is 14.7 Å². The number of aromatic hydroxyl groups is 1. The Labute approximate surface area is 194 Å². The Morgan fingerprint density at radius 1 is 1.15 bits per heavy atom. The lowest BCUT2D eigenvalue weighted by Gasteiger charge is -2.13. The van der Waals surface area contributed by atoms with Crippen molar-refractivity contribution in [2.45, 2.75) is 40.7 Å². The second-order valence-electron chi connectivity index (χ2n) is 7.98. The van der Waals surface area contributed by atoms with Crippen molar-refractivity contribution in [1.82, 2.24) is 14.5 Å². The number of aromatic nitrogens is 3. The minimum absolute atomic E-state index is 0.0788. The summed E-state index contributed by atoms with van der Waals surface area (Å²) >= 11 is 1.00. The lowest BCUT2D eigenvalue weighted by Crippen LogP contribution is -2.06. The van der Waals surface area contributed by atoms with Crippen LogP contribution in [0.3, 0.4) is 0 Å². The zero-order valence-corrected chi connectivity index (χ0v) is 19.9. The highest BCUT2D eigenvalue weighted by atomic mass is 32.1. The number of esters is 1. The van der Waals surface area contributed by atoms with Gasteiger partial charge in [-0.05, 0) is 49.6 Å². The van der Waals surface area contributed by atoms with Gasteiger partial charge in [-0.15, -0.1) is 0 Å².